The molecule has 0 bridgehead atoms. The van der Waals surface area contributed by atoms with Gasteiger partial charge in [-0.15, -0.1) is 0 Å². The van der Waals surface area contributed by atoms with Crippen LogP contribution in [0.15, 0.2) is 27.8 Å². The summed E-state index contributed by atoms with van der Waals surface area (Å²) in [4.78, 5) is 15.8. The number of amides is 1. The van der Waals surface area contributed by atoms with Crippen LogP contribution in [0.4, 0.5) is 5.69 Å². The number of nitrogens with one attached hydrogen (secondary N) is 1. The van der Waals surface area contributed by atoms with Crippen molar-refractivity contribution in [3.63, 3.8) is 0 Å². The highest BCUT2D eigenvalue weighted by atomic mass is 32.2. The van der Waals surface area contributed by atoms with E-state index in [2.05, 4.69) is 10.3 Å². The number of carbonyl (C=O) groups is 1. The van der Waals surface area contributed by atoms with Crippen LogP contribution in [0.25, 0.3) is 11.1 Å². The number of benzene rings is 1. The van der Waals surface area contributed by atoms with Crippen molar-refractivity contribution in [2.75, 3.05) is 5.73 Å². The molecular weight excluding hydrogens is 294 g/mol. The van der Waals surface area contributed by atoms with Gasteiger partial charge in [0.05, 0.1) is 0 Å². The number of fused-ring (bicyclic) bond motifs is 1. The van der Waals surface area contributed by atoms with Crippen LogP contribution in [0, 0.1) is 0 Å². The van der Waals surface area contributed by atoms with Crippen LogP contribution in [0.3, 0.4) is 0 Å². The molecule has 0 spiro atoms. The fraction of sp³-hybridized carbons (Fsp3) is 0.385. The first-order valence-electron chi connectivity index (χ1n) is 6.42. The van der Waals surface area contributed by atoms with Crippen molar-refractivity contribution in [3.05, 3.63) is 18.2 Å². The molecule has 0 aliphatic carbocycles. The molecule has 1 heterocycles. The second-order valence-electron chi connectivity index (χ2n) is 5.06. The molecule has 1 atom stereocenters. The number of carbonyl (C=O) groups excluding carboxylic acids is 1. The molecular formula is C13H17N3O4S. The molecule has 1 amide bonds. The van der Waals surface area contributed by atoms with Crippen LogP contribution < -0.4 is 11.1 Å². The van der Waals surface area contributed by atoms with Crippen molar-refractivity contribution in [3.8, 4) is 0 Å². The Kier molecular flexibility index (Phi) is 3.91. The van der Waals surface area contributed by atoms with E-state index < -0.39 is 26.2 Å². The fourth-order valence-corrected chi connectivity index (χ4v) is 2.82. The zero-order valence-electron chi connectivity index (χ0n) is 12.0. The minimum Gasteiger partial charge on any atom is -0.428 e. The van der Waals surface area contributed by atoms with E-state index in [1.165, 1.54) is 19.1 Å². The maximum atomic E-state index is 12.4. The predicted molar refractivity (Wildman–Crippen MR) is 78.3 cm³/mol. The van der Waals surface area contributed by atoms with Crippen LogP contribution in [0.1, 0.15) is 20.8 Å². The van der Waals surface area contributed by atoms with Gasteiger partial charge in [-0.1, -0.05) is 0 Å². The van der Waals surface area contributed by atoms with Gasteiger partial charge in [-0.05, 0) is 39.0 Å². The maximum Gasteiger partial charge on any atom is 0.316 e. The van der Waals surface area contributed by atoms with Crippen LogP contribution in [-0.2, 0) is 14.6 Å². The molecule has 0 saturated carbocycles. The average Bonchev–Trinajstić information content (AvgIpc) is 2.80. The number of oxazole rings is 1. The van der Waals surface area contributed by atoms with Gasteiger partial charge in [0.1, 0.15) is 10.8 Å². The van der Waals surface area contributed by atoms with Crippen molar-refractivity contribution in [1.82, 2.24) is 10.3 Å². The second-order valence-corrected chi connectivity index (χ2v) is 7.20. The summed E-state index contributed by atoms with van der Waals surface area (Å²) in [5, 5.41) is 0.790. The molecule has 3 N–H and O–H groups in total. The number of nitrogens with zero attached hydrogens (tertiary/aromatic N) is 1. The zero-order chi connectivity index (χ0) is 15.8. The summed E-state index contributed by atoms with van der Waals surface area (Å²) < 4.78 is 30.0. The Morgan fingerprint density at radius 3 is 2.62 bits per heavy atom. The van der Waals surface area contributed by atoms with Crippen molar-refractivity contribution < 1.29 is 17.6 Å². The van der Waals surface area contributed by atoms with E-state index in [1.807, 2.05) is 0 Å². The molecule has 1 unspecified atom stereocenters. The lowest BCUT2D eigenvalue weighted by Crippen LogP contribution is -2.41. The van der Waals surface area contributed by atoms with Crippen molar-refractivity contribution in [1.29, 1.82) is 0 Å². The number of hydrogen-bond acceptors (Lipinski definition) is 6. The standard InChI is InChI=1S/C13H17N3O4S/c1-7(2)15-12(17)8(3)21(18,19)13-16-10-6-9(14)4-5-11(10)20-13/h4-8H,14H2,1-3H3,(H,15,17). The Bertz CT molecular complexity index is 780. The number of hydrogen-bond donors (Lipinski definition) is 2. The van der Waals surface area contributed by atoms with Gasteiger partial charge in [0.25, 0.3) is 0 Å². The highest BCUT2D eigenvalue weighted by Crippen LogP contribution is 2.23. The minimum atomic E-state index is -3.99. The van der Waals surface area contributed by atoms with Crippen molar-refractivity contribution in [2.24, 2.45) is 0 Å². The first-order valence-corrected chi connectivity index (χ1v) is 7.97. The molecule has 0 aliphatic heterocycles. The van der Waals surface area contributed by atoms with Crippen molar-refractivity contribution >= 4 is 32.5 Å². The SMILES string of the molecule is CC(C)NC(=O)C(C)S(=O)(=O)c1nc2cc(N)ccc2o1. The third-order valence-electron chi connectivity index (χ3n) is 2.90. The Hall–Kier alpha value is -2.09. The van der Waals surface area contributed by atoms with E-state index in [9.17, 15) is 13.2 Å². The van der Waals surface area contributed by atoms with E-state index in [4.69, 9.17) is 10.2 Å². The van der Waals surface area contributed by atoms with E-state index in [1.54, 1.807) is 19.9 Å². The third kappa shape index (κ3) is 2.99. The monoisotopic (exact) mass is 311 g/mol. The lowest BCUT2D eigenvalue weighted by molar-refractivity contribution is -0.120. The van der Waals surface area contributed by atoms with E-state index in [0.29, 0.717) is 16.8 Å². The number of nitrogen functional groups attached to an aromatic ring is 1. The molecule has 114 valence electrons. The van der Waals surface area contributed by atoms with E-state index in [-0.39, 0.29) is 6.04 Å². The van der Waals surface area contributed by atoms with Gasteiger partial charge >= 0.3 is 5.22 Å². The summed E-state index contributed by atoms with van der Waals surface area (Å²) in [6.45, 7) is 4.80. The van der Waals surface area contributed by atoms with Gasteiger partial charge in [-0.3, -0.25) is 4.79 Å². The normalized spacial score (nSPS) is 13.5. The third-order valence-corrected chi connectivity index (χ3v) is 4.71. The average molecular weight is 311 g/mol. The summed E-state index contributed by atoms with van der Waals surface area (Å²) in [6, 6.07) is 4.48. The molecule has 21 heavy (non-hydrogen) atoms. The van der Waals surface area contributed by atoms with Gasteiger partial charge in [0, 0.05) is 11.7 Å². The molecule has 0 radical (unpaired) electrons. The van der Waals surface area contributed by atoms with E-state index >= 15 is 0 Å². The number of anilines is 1. The highest BCUT2D eigenvalue weighted by Gasteiger charge is 2.34. The van der Waals surface area contributed by atoms with Gasteiger partial charge in [-0.25, -0.2) is 8.42 Å². The van der Waals surface area contributed by atoms with Crippen LogP contribution >= 0.6 is 0 Å². The molecule has 1 aromatic carbocycles. The van der Waals surface area contributed by atoms with Crippen molar-refractivity contribution in [2.45, 2.75) is 37.3 Å². The number of nitrogens with two attached hydrogens (primary N) is 1. The largest absolute Gasteiger partial charge is 0.428 e. The van der Waals surface area contributed by atoms with Gasteiger partial charge in [-0.2, -0.15) is 4.98 Å². The molecule has 2 aromatic rings. The summed E-state index contributed by atoms with van der Waals surface area (Å²) in [6.07, 6.45) is 0. The van der Waals surface area contributed by atoms with Gasteiger partial charge in [0.15, 0.2) is 5.58 Å². The lowest BCUT2D eigenvalue weighted by Gasteiger charge is -2.13. The first-order chi connectivity index (χ1) is 9.71. The molecule has 1 aromatic heterocycles. The Morgan fingerprint density at radius 1 is 1.33 bits per heavy atom. The smallest absolute Gasteiger partial charge is 0.316 e. The first kappa shape index (κ1) is 15.3. The number of sulfone groups is 1. The number of rotatable bonds is 4. The maximum absolute atomic E-state index is 12.4. The molecule has 7 nitrogen and oxygen atoms in total. The molecule has 0 fully saturated rings. The van der Waals surface area contributed by atoms with Crippen LogP contribution in [-0.4, -0.2) is 30.6 Å². The summed E-state index contributed by atoms with van der Waals surface area (Å²) in [5.74, 6) is -0.591. The molecule has 8 heteroatoms. The quantitative estimate of drug-likeness (QED) is 0.817. The van der Waals surface area contributed by atoms with E-state index in [0.717, 1.165) is 0 Å². The fourth-order valence-electron chi connectivity index (χ4n) is 1.74. The lowest BCUT2D eigenvalue weighted by atomic mass is 10.3. The Labute approximate surface area is 122 Å². The topological polar surface area (TPSA) is 115 Å². The molecule has 2 rings (SSSR count). The van der Waals surface area contributed by atoms with Gasteiger partial charge in [0.2, 0.25) is 15.7 Å². The minimum absolute atomic E-state index is 0.154. The Morgan fingerprint density at radius 2 is 2.00 bits per heavy atom. The number of aromatic nitrogens is 1. The van der Waals surface area contributed by atoms with Crippen LogP contribution in [0.2, 0.25) is 0 Å². The van der Waals surface area contributed by atoms with Gasteiger partial charge < -0.3 is 15.5 Å². The highest BCUT2D eigenvalue weighted by molar-refractivity contribution is 7.92. The Balaban J connectivity index is 2.39. The summed E-state index contributed by atoms with van der Waals surface area (Å²) >= 11 is 0. The summed E-state index contributed by atoms with van der Waals surface area (Å²) in [5.41, 5.74) is 6.70. The molecule has 0 aliphatic rings. The van der Waals surface area contributed by atoms with Crippen LogP contribution in [0.5, 0.6) is 0 Å². The second kappa shape index (κ2) is 5.36. The summed E-state index contributed by atoms with van der Waals surface area (Å²) in [7, 11) is -3.99. The zero-order valence-corrected chi connectivity index (χ0v) is 12.8. The molecule has 0 saturated heterocycles. The predicted octanol–water partition coefficient (Wildman–Crippen LogP) is 1.10.